The van der Waals surface area contributed by atoms with Gasteiger partial charge in [-0.2, -0.15) is 9.97 Å². The summed E-state index contributed by atoms with van der Waals surface area (Å²) in [5.41, 5.74) is 6.53. The van der Waals surface area contributed by atoms with Crippen LogP contribution in [0.3, 0.4) is 0 Å². The van der Waals surface area contributed by atoms with Gasteiger partial charge in [-0.25, -0.2) is 9.78 Å². The summed E-state index contributed by atoms with van der Waals surface area (Å²) in [6, 6.07) is -0.745. The van der Waals surface area contributed by atoms with Crippen molar-refractivity contribution >= 4 is 28.9 Å². The summed E-state index contributed by atoms with van der Waals surface area (Å²) in [5, 5.41) is 12.2. The summed E-state index contributed by atoms with van der Waals surface area (Å²) in [5.74, 6) is -0.575. The molecule has 2 atom stereocenters. The number of aromatic amines is 1. The van der Waals surface area contributed by atoms with Gasteiger partial charge in [0.1, 0.15) is 11.6 Å². The minimum atomic E-state index is -0.931. The maximum Gasteiger partial charge on any atom is 0.326 e. The molecule has 0 radical (unpaired) electrons. The number of fused-ring (bicyclic) bond motifs is 1. The lowest BCUT2D eigenvalue weighted by Gasteiger charge is -2.20. The highest BCUT2D eigenvalue weighted by Gasteiger charge is 2.25. The van der Waals surface area contributed by atoms with Gasteiger partial charge in [-0.05, 0) is 5.92 Å². The normalized spacial score (nSPS) is 14.2. The van der Waals surface area contributed by atoms with E-state index in [1.54, 1.807) is 0 Å². The lowest BCUT2D eigenvalue weighted by atomic mass is 9.99. The first kappa shape index (κ1) is 13.1. The van der Waals surface area contributed by atoms with Crippen molar-refractivity contribution in [3.05, 3.63) is 6.33 Å². The van der Waals surface area contributed by atoms with Crippen molar-refractivity contribution in [3.8, 4) is 0 Å². The number of rotatable bonds is 5. The first-order valence-corrected chi connectivity index (χ1v) is 5.98. The fourth-order valence-corrected chi connectivity index (χ4v) is 1.78. The summed E-state index contributed by atoms with van der Waals surface area (Å²) in [7, 11) is 0. The van der Waals surface area contributed by atoms with E-state index in [4.69, 9.17) is 5.73 Å². The second-order valence-corrected chi connectivity index (χ2v) is 4.38. The Balaban J connectivity index is 2.38. The van der Waals surface area contributed by atoms with Crippen LogP contribution in [0.25, 0.3) is 11.2 Å². The number of aromatic nitrogens is 4. The van der Waals surface area contributed by atoms with Crippen LogP contribution >= 0.6 is 0 Å². The van der Waals surface area contributed by atoms with Gasteiger partial charge < -0.3 is 21.1 Å². The molecule has 19 heavy (non-hydrogen) atoms. The lowest BCUT2D eigenvalue weighted by Crippen LogP contribution is -2.35. The summed E-state index contributed by atoms with van der Waals surface area (Å²) in [6.07, 6.45) is 2.19. The van der Waals surface area contributed by atoms with Gasteiger partial charge >= 0.3 is 5.97 Å². The molecule has 2 aromatic rings. The summed E-state index contributed by atoms with van der Waals surface area (Å²) >= 11 is 0. The summed E-state index contributed by atoms with van der Waals surface area (Å²) < 4.78 is 0. The van der Waals surface area contributed by atoms with E-state index < -0.39 is 12.0 Å². The largest absolute Gasteiger partial charge is 0.480 e. The minimum Gasteiger partial charge on any atom is -0.480 e. The molecule has 0 saturated heterocycles. The van der Waals surface area contributed by atoms with Crippen LogP contribution in [-0.4, -0.2) is 37.1 Å². The van der Waals surface area contributed by atoms with Gasteiger partial charge in [0.25, 0.3) is 0 Å². The highest BCUT2D eigenvalue weighted by molar-refractivity contribution is 5.86. The van der Waals surface area contributed by atoms with E-state index in [1.165, 1.54) is 6.33 Å². The first-order valence-electron chi connectivity index (χ1n) is 5.98. The predicted molar refractivity (Wildman–Crippen MR) is 70.6 cm³/mol. The van der Waals surface area contributed by atoms with Crippen molar-refractivity contribution in [2.45, 2.75) is 26.3 Å². The van der Waals surface area contributed by atoms with Crippen LogP contribution in [0.2, 0.25) is 0 Å². The second-order valence-electron chi connectivity index (χ2n) is 4.38. The monoisotopic (exact) mass is 264 g/mol. The number of nitrogens with two attached hydrogens (primary N) is 1. The number of nitrogens with zero attached hydrogens (tertiary/aromatic N) is 3. The molecule has 8 heteroatoms. The van der Waals surface area contributed by atoms with Gasteiger partial charge in [0, 0.05) is 0 Å². The Hall–Kier alpha value is -2.38. The minimum absolute atomic E-state index is 0.0494. The number of nitrogens with one attached hydrogen (secondary N) is 2. The van der Waals surface area contributed by atoms with Crippen molar-refractivity contribution < 1.29 is 9.90 Å². The molecule has 102 valence electrons. The number of hydrogen-bond acceptors (Lipinski definition) is 6. The number of anilines is 2. The molecule has 8 nitrogen and oxygen atoms in total. The van der Waals surface area contributed by atoms with Crippen LogP contribution in [0.1, 0.15) is 20.3 Å². The molecule has 0 aliphatic heterocycles. The van der Waals surface area contributed by atoms with Gasteiger partial charge in [-0.15, -0.1) is 0 Å². The van der Waals surface area contributed by atoms with Crippen LogP contribution in [0, 0.1) is 5.92 Å². The van der Waals surface area contributed by atoms with E-state index in [9.17, 15) is 9.90 Å². The Kier molecular flexibility index (Phi) is 3.50. The number of carboxylic acids is 1. The summed E-state index contributed by atoms with van der Waals surface area (Å²) in [4.78, 5) is 26.1. The number of aliphatic carboxylic acids is 1. The Morgan fingerprint density at radius 1 is 1.58 bits per heavy atom. The second kappa shape index (κ2) is 5.09. The molecule has 2 heterocycles. The lowest BCUT2D eigenvalue weighted by molar-refractivity contribution is -0.139. The molecule has 5 N–H and O–H groups in total. The van der Waals surface area contributed by atoms with Gasteiger partial charge in [0.2, 0.25) is 5.95 Å². The Morgan fingerprint density at radius 2 is 2.32 bits per heavy atom. The number of carbonyl (C=O) groups is 1. The molecule has 0 aliphatic rings. The van der Waals surface area contributed by atoms with Gasteiger partial charge in [0.15, 0.2) is 11.5 Å². The Bertz CT molecular complexity index is 596. The molecule has 0 fully saturated rings. The van der Waals surface area contributed by atoms with Crippen LogP contribution < -0.4 is 11.1 Å². The van der Waals surface area contributed by atoms with Crippen LogP contribution in [0.15, 0.2) is 6.33 Å². The number of H-pyrrole nitrogens is 1. The zero-order chi connectivity index (χ0) is 14.0. The number of imidazole rings is 1. The van der Waals surface area contributed by atoms with E-state index in [-0.39, 0.29) is 11.9 Å². The third-order valence-corrected chi connectivity index (χ3v) is 3.07. The van der Waals surface area contributed by atoms with Gasteiger partial charge in [-0.3, -0.25) is 0 Å². The standard InChI is InChI=1S/C11H16N6O2/c1-3-5(2)6(10(18)19)15-9-7-8(14-4-13-7)16-11(12)17-9/h4-6H,3H2,1-2H3,(H,18,19)(H4,12,13,14,15,16,17). The molecule has 0 bridgehead atoms. The topological polar surface area (TPSA) is 130 Å². The zero-order valence-corrected chi connectivity index (χ0v) is 10.7. The molecular formula is C11H16N6O2. The fourth-order valence-electron chi connectivity index (χ4n) is 1.78. The highest BCUT2D eigenvalue weighted by atomic mass is 16.4. The van der Waals surface area contributed by atoms with Crippen LogP contribution in [-0.2, 0) is 4.79 Å². The van der Waals surface area contributed by atoms with E-state index in [1.807, 2.05) is 13.8 Å². The van der Waals surface area contributed by atoms with Crippen molar-refractivity contribution in [1.29, 1.82) is 0 Å². The maximum absolute atomic E-state index is 11.3. The van der Waals surface area contributed by atoms with Crippen LogP contribution in [0.5, 0.6) is 0 Å². The molecule has 0 saturated carbocycles. The molecule has 0 aliphatic carbocycles. The average molecular weight is 264 g/mol. The molecule has 0 spiro atoms. The quantitative estimate of drug-likeness (QED) is 0.629. The molecule has 2 rings (SSSR count). The third-order valence-electron chi connectivity index (χ3n) is 3.07. The number of nitrogen functional groups attached to an aromatic ring is 1. The smallest absolute Gasteiger partial charge is 0.326 e. The Labute approximate surface area is 109 Å². The maximum atomic E-state index is 11.3. The zero-order valence-electron chi connectivity index (χ0n) is 10.7. The van der Waals surface area contributed by atoms with Gasteiger partial charge in [-0.1, -0.05) is 20.3 Å². The van der Waals surface area contributed by atoms with Crippen LogP contribution in [0.4, 0.5) is 11.8 Å². The van der Waals surface area contributed by atoms with Crippen molar-refractivity contribution in [3.63, 3.8) is 0 Å². The molecule has 2 unspecified atom stereocenters. The first-order chi connectivity index (χ1) is 9.02. The van der Waals surface area contributed by atoms with E-state index in [0.717, 1.165) is 6.42 Å². The van der Waals surface area contributed by atoms with E-state index in [0.29, 0.717) is 17.0 Å². The average Bonchev–Trinajstić information content (AvgIpc) is 2.82. The van der Waals surface area contributed by atoms with Crippen molar-refractivity contribution in [2.75, 3.05) is 11.1 Å². The molecule has 0 aromatic carbocycles. The fraction of sp³-hybridized carbons (Fsp3) is 0.455. The Morgan fingerprint density at radius 3 is 2.95 bits per heavy atom. The SMILES string of the molecule is CCC(C)C(Nc1nc(N)nc2nc[nH]c12)C(=O)O. The van der Waals surface area contributed by atoms with E-state index in [2.05, 4.69) is 25.3 Å². The molecule has 2 aromatic heterocycles. The third kappa shape index (κ3) is 2.56. The number of carboxylic acid groups (broad SMARTS) is 1. The predicted octanol–water partition coefficient (Wildman–Crippen LogP) is 0.846. The highest BCUT2D eigenvalue weighted by Crippen LogP contribution is 2.20. The number of hydrogen-bond donors (Lipinski definition) is 4. The molecule has 0 amide bonds. The van der Waals surface area contributed by atoms with Gasteiger partial charge in [0.05, 0.1) is 6.33 Å². The summed E-state index contributed by atoms with van der Waals surface area (Å²) in [6.45, 7) is 3.79. The van der Waals surface area contributed by atoms with Crippen molar-refractivity contribution in [1.82, 2.24) is 19.9 Å². The van der Waals surface area contributed by atoms with Crippen molar-refractivity contribution in [2.24, 2.45) is 5.92 Å². The molecular weight excluding hydrogens is 248 g/mol. The van der Waals surface area contributed by atoms with E-state index >= 15 is 0 Å².